The largest absolute Gasteiger partial charge is 0.389 e. The molecule has 0 heterocycles. The molecule has 0 bridgehead atoms. The molecule has 3 nitrogen and oxygen atoms in total. The third-order valence-electron chi connectivity index (χ3n) is 1.15. The number of likely N-dealkylation sites (N-methyl/N-ethyl adjacent to an activating group) is 1. The van der Waals surface area contributed by atoms with Crippen LogP contribution in [0.1, 0.15) is 20.8 Å². The maximum atomic E-state index is 9.22. The molecule has 0 aliphatic carbocycles. The first-order chi connectivity index (χ1) is 4.95. The van der Waals surface area contributed by atoms with Crippen LogP contribution >= 0.6 is 0 Å². The van der Waals surface area contributed by atoms with Crippen LogP contribution in [0.2, 0.25) is 0 Å². The van der Waals surface area contributed by atoms with Crippen molar-refractivity contribution >= 4 is 0 Å². The molecule has 0 amide bonds. The van der Waals surface area contributed by atoms with Crippen LogP contribution in [0.3, 0.4) is 0 Å². The first-order valence-corrected chi connectivity index (χ1v) is 3.92. The summed E-state index contributed by atoms with van der Waals surface area (Å²) in [6, 6.07) is 0. The third kappa shape index (κ3) is 7.78. The molecule has 0 radical (unpaired) electrons. The Balaban J connectivity index is 3.38. The van der Waals surface area contributed by atoms with E-state index in [9.17, 15) is 5.11 Å². The number of nitrogens with one attached hydrogen (secondary N) is 1. The van der Waals surface area contributed by atoms with Crippen molar-refractivity contribution in [3.63, 3.8) is 0 Å². The minimum absolute atomic E-state index is 0.158. The molecule has 0 aromatic rings. The fraction of sp³-hybridized carbons (Fsp3) is 1.00. The summed E-state index contributed by atoms with van der Waals surface area (Å²) >= 11 is 0. The van der Waals surface area contributed by atoms with Gasteiger partial charge in [-0.05, 0) is 27.8 Å². The van der Waals surface area contributed by atoms with Crippen molar-refractivity contribution in [1.29, 1.82) is 0 Å². The summed E-state index contributed by atoms with van der Waals surface area (Å²) in [5.41, 5.74) is -0.158. The molecule has 0 fully saturated rings. The summed E-state index contributed by atoms with van der Waals surface area (Å²) in [5, 5.41) is 12.1. The molecule has 11 heavy (non-hydrogen) atoms. The average molecular weight is 161 g/mol. The van der Waals surface area contributed by atoms with Crippen molar-refractivity contribution in [3.05, 3.63) is 0 Å². The average Bonchev–Trinajstić information content (AvgIpc) is 1.83. The molecule has 1 atom stereocenters. The fourth-order valence-corrected chi connectivity index (χ4v) is 0.641. The second kappa shape index (κ2) is 4.70. The van der Waals surface area contributed by atoms with Crippen molar-refractivity contribution in [2.24, 2.45) is 0 Å². The maximum Gasteiger partial charge on any atom is 0.0897 e. The van der Waals surface area contributed by atoms with Crippen LogP contribution in [-0.4, -0.2) is 37.0 Å². The van der Waals surface area contributed by atoms with Crippen molar-refractivity contribution in [1.82, 2.24) is 5.32 Å². The van der Waals surface area contributed by atoms with Gasteiger partial charge in [0, 0.05) is 6.54 Å². The first-order valence-electron chi connectivity index (χ1n) is 3.92. The summed E-state index contributed by atoms with van der Waals surface area (Å²) in [5.74, 6) is 0. The van der Waals surface area contributed by atoms with E-state index in [0.29, 0.717) is 13.2 Å². The summed E-state index contributed by atoms with van der Waals surface area (Å²) in [4.78, 5) is 0. The van der Waals surface area contributed by atoms with Gasteiger partial charge in [0.05, 0.1) is 18.3 Å². The summed E-state index contributed by atoms with van der Waals surface area (Å²) in [7, 11) is 1.81. The monoisotopic (exact) mass is 161 g/mol. The SMILES string of the molecule is CNCC(O)COC(C)(C)C. The minimum Gasteiger partial charge on any atom is -0.389 e. The third-order valence-corrected chi connectivity index (χ3v) is 1.15. The summed E-state index contributed by atoms with van der Waals surface area (Å²) in [6.07, 6.45) is -0.403. The second-order valence-corrected chi connectivity index (χ2v) is 3.63. The van der Waals surface area contributed by atoms with Crippen LogP contribution in [0.4, 0.5) is 0 Å². The van der Waals surface area contributed by atoms with E-state index in [0.717, 1.165) is 0 Å². The zero-order valence-corrected chi connectivity index (χ0v) is 7.85. The number of aliphatic hydroxyl groups is 1. The van der Waals surface area contributed by atoms with E-state index in [4.69, 9.17) is 4.74 Å². The Bertz CT molecular complexity index is 98.8. The van der Waals surface area contributed by atoms with Crippen molar-refractivity contribution in [3.8, 4) is 0 Å². The highest BCUT2D eigenvalue weighted by Crippen LogP contribution is 2.06. The number of rotatable bonds is 4. The standard InChI is InChI=1S/C8H19NO2/c1-8(2,3)11-6-7(10)5-9-4/h7,9-10H,5-6H2,1-4H3. The Morgan fingerprint density at radius 3 is 2.36 bits per heavy atom. The van der Waals surface area contributed by atoms with Crippen LogP contribution in [0.25, 0.3) is 0 Å². The predicted molar refractivity (Wildman–Crippen MR) is 45.6 cm³/mol. The molecule has 0 aliphatic heterocycles. The smallest absolute Gasteiger partial charge is 0.0897 e. The lowest BCUT2D eigenvalue weighted by Gasteiger charge is -2.21. The van der Waals surface area contributed by atoms with E-state index in [1.54, 1.807) is 7.05 Å². The Labute approximate surface area is 68.8 Å². The lowest BCUT2D eigenvalue weighted by Crippen LogP contribution is -2.32. The lowest BCUT2D eigenvalue weighted by atomic mass is 10.2. The van der Waals surface area contributed by atoms with E-state index in [1.165, 1.54) is 0 Å². The van der Waals surface area contributed by atoms with Crippen LogP contribution in [0, 0.1) is 0 Å². The van der Waals surface area contributed by atoms with Crippen molar-refractivity contribution in [2.75, 3.05) is 20.2 Å². The number of ether oxygens (including phenoxy) is 1. The molecular weight excluding hydrogens is 142 g/mol. The second-order valence-electron chi connectivity index (χ2n) is 3.63. The highest BCUT2D eigenvalue weighted by Gasteiger charge is 2.12. The van der Waals surface area contributed by atoms with Crippen molar-refractivity contribution in [2.45, 2.75) is 32.5 Å². The molecule has 0 spiro atoms. The highest BCUT2D eigenvalue weighted by molar-refractivity contribution is 4.62. The van der Waals surface area contributed by atoms with Gasteiger partial charge in [0.1, 0.15) is 0 Å². The first kappa shape index (κ1) is 10.9. The van der Waals surface area contributed by atoms with E-state index in [2.05, 4.69) is 5.32 Å². The molecule has 0 aromatic carbocycles. The lowest BCUT2D eigenvalue weighted by molar-refractivity contribution is -0.0474. The van der Waals surface area contributed by atoms with Gasteiger partial charge in [-0.1, -0.05) is 0 Å². The summed E-state index contributed by atoms with van der Waals surface area (Å²) < 4.78 is 5.35. The predicted octanol–water partition coefficient (Wildman–Crippen LogP) is 0.382. The molecule has 3 heteroatoms. The zero-order chi connectivity index (χ0) is 8.91. The fourth-order valence-electron chi connectivity index (χ4n) is 0.641. The highest BCUT2D eigenvalue weighted by atomic mass is 16.5. The van der Waals surface area contributed by atoms with Gasteiger partial charge in [0.15, 0.2) is 0 Å². The molecule has 1 unspecified atom stereocenters. The number of hydrogen-bond donors (Lipinski definition) is 2. The molecule has 68 valence electrons. The normalized spacial score (nSPS) is 15.0. The van der Waals surface area contributed by atoms with Crippen LogP contribution in [-0.2, 0) is 4.74 Å². The molecule has 2 N–H and O–H groups in total. The topological polar surface area (TPSA) is 41.5 Å². The van der Waals surface area contributed by atoms with E-state index in [1.807, 2.05) is 20.8 Å². The van der Waals surface area contributed by atoms with Crippen molar-refractivity contribution < 1.29 is 9.84 Å². The molecule has 0 saturated heterocycles. The summed E-state index contributed by atoms with van der Waals surface area (Å²) in [6.45, 7) is 6.89. The zero-order valence-electron chi connectivity index (χ0n) is 7.85. The van der Waals surface area contributed by atoms with Crippen LogP contribution < -0.4 is 5.32 Å². The van der Waals surface area contributed by atoms with Gasteiger partial charge in [-0.3, -0.25) is 0 Å². The number of hydrogen-bond acceptors (Lipinski definition) is 3. The molecule has 0 saturated carbocycles. The van der Waals surface area contributed by atoms with E-state index < -0.39 is 6.10 Å². The number of aliphatic hydroxyl groups excluding tert-OH is 1. The molecule has 0 rings (SSSR count). The Morgan fingerprint density at radius 2 is 2.00 bits per heavy atom. The Kier molecular flexibility index (Phi) is 4.65. The van der Waals surface area contributed by atoms with Gasteiger partial charge in [0.25, 0.3) is 0 Å². The molecular formula is C8H19NO2. The maximum absolute atomic E-state index is 9.22. The van der Waals surface area contributed by atoms with Gasteiger partial charge in [-0.15, -0.1) is 0 Å². The van der Waals surface area contributed by atoms with Gasteiger partial charge in [-0.2, -0.15) is 0 Å². The van der Waals surface area contributed by atoms with E-state index >= 15 is 0 Å². The van der Waals surface area contributed by atoms with Gasteiger partial charge < -0.3 is 15.2 Å². The molecule has 0 aromatic heterocycles. The van der Waals surface area contributed by atoms with E-state index in [-0.39, 0.29) is 5.60 Å². The Morgan fingerprint density at radius 1 is 1.45 bits per heavy atom. The Hall–Kier alpha value is -0.120. The van der Waals surface area contributed by atoms with Gasteiger partial charge in [-0.25, -0.2) is 0 Å². The minimum atomic E-state index is -0.403. The van der Waals surface area contributed by atoms with Gasteiger partial charge in [0.2, 0.25) is 0 Å². The van der Waals surface area contributed by atoms with Crippen LogP contribution in [0.5, 0.6) is 0 Å². The molecule has 0 aliphatic rings. The van der Waals surface area contributed by atoms with Crippen LogP contribution in [0.15, 0.2) is 0 Å². The quantitative estimate of drug-likeness (QED) is 0.626. The van der Waals surface area contributed by atoms with Gasteiger partial charge >= 0.3 is 0 Å².